The monoisotopic (exact) mass is 151 g/mol. The number of nitro groups is 1. The molecule has 0 bridgehead atoms. The number of hydrogen-bond donors (Lipinski definition) is 0. The molecule has 11 heavy (non-hydrogen) atoms. The summed E-state index contributed by atoms with van der Waals surface area (Å²) in [6.45, 7) is 0. The van der Waals surface area contributed by atoms with Gasteiger partial charge in [0.05, 0.1) is 4.92 Å². The average Bonchev–Trinajstić information content (AvgIpc) is 2.03. The molecule has 1 aliphatic carbocycles. The number of hydrogen-bond acceptors (Lipinski definition) is 2. The highest BCUT2D eigenvalue weighted by Gasteiger charge is 1.93. The summed E-state index contributed by atoms with van der Waals surface area (Å²) in [4.78, 5) is 9.45. The highest BCUT2D eigenvalue weighted by atomic mass is 16.6. The molecule has 0 aromatic carbocycles. The lowest BCUT2D eigenvalue weighted by Gasteiger charge is -1.98. The smallest absolute Gasteiger partial charge is 0.235 e. The van der Waals surface area contributed by atoms with Crippen molar-refractivity contribution in [1.82, 2.24) is 0 Å². The first-order valence-electron chi connectivity index (χ1n) is 3.47. The van der Waals surface area contributed by atoms with Crippen molar-refractivity contribution in [2.75, 3.05) is 0 Å². The van der Waals surface area contributed by atoms with Crippen LogP contribution in [-0.2, 0) is 0 Å². The van der Waals surface area contributed by atoms with E-state index in [2.05, 4.69) is 0 Å². The van der Waals surface area contributed by atoms with E-state index in [4.69, 9.17) is 0 Å². The minimum atomic E-state index is -0.455. The van der Waals surface area contributed by atoms with E-state index in [1.54, 1.807) is 0 Å². The SMILES string of the molecule is O=[N+]([O-])/C=C/C1=CCCC=C1. The topological polar surface area (TPSA) is 43.1 Å². The molecule has 0 saturated carbocycles. The minimum absolute atomic E-state index is 0.455. The van der Waals surface area contributed by atoms with E-state index in [1.165, 1.54) is 6.08 Å². The Morgan fingerprint density at radius 1 is 1.55 bits per heavy atom. The summed E-state index contributed by atoms with van der Waals surface area (Å²) in [6.07, 6.45) is 10.4. The summed E-state index contributed by atoms with van der Waals surface area (Å²) < 4.78 is 0. The summed E-state index contributed by atoms with van der Waals surface area (Å²) in [7, 11) is 0. The van der Waals surface area contributed by atoms with Crippen LogP contribution >= 0.6 is 0 Å². The van der Waals surface area contributed by atoms with Gasteiger partial charge >= 0.3 is 0 Å². The molecule has 3 heteroatoms. The summed E-state index contributed by atoms with van der Waals surface area (Å²) in [5, 5.41) is 9.91. The first-order valence-corrected chi connectivity index (χ1v) is 3.47. The van der Waals surface area contributed by atoms with Crippen molar-refractivity contribution in [1.29, 1.82) is 0 Å². The maximum atomic E-state index is 9.91. The second-order valence-corrected chi connectivity index (χ2v) is 2.28. The first kappa shape index (κ1) is 7.72. The van der Waals surface area contributed by atoms with Crippen LogP contribution in [0.3, 0.4) is 0 Å². The van der Waals surface area contributed by atoms with Crippen molar-refractivity contribution in [3.63, 3.8) is 0 Å². The van der Waals surface area contributed by atoms with Crippen molar-refractivity contribution in [3.8, 4) is 0 Å². The Labute approximate surface area is 64.9 Å². The van der Waals surface area contributed by atoms with E-state index in [9.17, 15) is 10.1 Å². The van der Waals surface area contributed by atoms with Gasteiger partial charge in [0.2, 0.25) is 6.20 Å². The third-order valence-corrected chi connectivity index (χ3v) is 1.41. The molecule has 0 heterocycles. The van der Waals surface area contributed by atoms with E-state index in [0.29, 0.717) is 0 Å². The van der Waals surface area contributed by atoms with Crippen LogP contribution in [0.5, 0.6) is 0 Å². The van der Waals surface area contributed by atoms with Crippen LogP contribution < -0.4 is 0 Å². The fraction of sp³-hybridized carbons (Fsp3) is 0.250. The van der Waals surface area contributed by atoms with Crippen LogP contribution in [0.25, 0.3) is 0 Å². The minimum Gasteiger partial charge on any atom is -0.259 e. The van der Waals surface area contributed by atoms with Crippen LogP contribution in [-0.4, -0.2) is 4.92 Å². The zero-order chi connectivity index (χ0) is 8.10. The van der Waals surface area contributed by atoms with Gasteiger partial charge in [0.15, 0.2) is 0 Å². The third kappa shape index (κ3) is 2.80. The molecular formula is C8H9NO2. The molecule has 0 fully saturated rings. The molecule has 0 radical (unpaired) electrons. The normalized spacial score (nSPS) is 16.9. The Kier molecular flexibility index (Phi) is 2.60. The molecule has 0 unspecified atom stereocenters. The van der Waals surface area contributed by atoms with Gasteiger partial charge in [0.25, 0.3) is 0 Å². The molecule has 0 aliphatic heterocycles. The highest BCUT2D eigenvalue weighted by molar-refractivity contribution is 5.31. The van der Waals surface area contributed by atoms with E-state index in [0.717, 1.165) is 24.6 Å². The van der Waals surface area contributed by atoms with Gasteiger partial charge in [0.1, 0.15) is 0 Å². The Balaban J connectivity index is 2.55. The Hall–Kier alpha value is -1.38. The molecule has 1 rings (SSSR count). The largest absolute Gasteiger partial charge is 0.259 e. The quantitative estimate of drug-likeness (QED) is 0.447. The lowest BCUT2D eigenvalue weighted by atomic mass is 10.1. The fourth-order valence-electron chi connectivity index (χ4n) is 0.904. The van der Waals surface area contributed by atoms with Gasteiger partial charge in [-0.1, -0.05) is 18.2 Å². The Morgan fingerprint density at radius 3 is 2.91 bits per heavy atom. The predicted octanol–water partition coefficient (Wildman–Crippen LogP) is 2.05. The first-order chi connectivity index (χ1) is 5.29. The van der Waals surface area contributed by atoms with Crippen molar-refractivity contribution in [3.05, 3.63) is 46.2 Å². The number of rotatable bonds is 2. The number of nitrogens with zero attached hydrogens (tertiary/aromatic N) is 1. The second kappa shape index (κ2) is 3.71. The summed E-state index contributed by atoms with van der Waals surface area (Å²) >= 11 is 0. The molecule has 0 atom stereocenters. The van der Waals surface area contributed by atoms with Crippen LogP contribution in [0, 0.1) is 10.1 Å². The van der Waals surface area contributed by atoms with Crippen LogP contribution in [0.2, 0.25) is 0 Å². The lowest BCUT2D eigenvalue weighted by molar-refractivity contribution is -0.402. The van der Waals surface area contributed by atoms with Crippen LogP contribution in [0.15, 0.2) is 36.1 Å². The van der Waals surface area contributed by atoms with Gasteiger partial charge in [-0.3, -0.25) is 10.1 Å². The summed E-state index contributed by atoms with van der Waals surface area (Å²) in [5.41, 5.74) is 0.924. The standard InChI is InChI=1S/C8H9NO2/c10-9(11)7-6-8-4-2-1-3-5-8/h2,4-7H,1,3H2/b7-6+. The zero-order valence-electron chi connectivity index (χ0n) is 6.06. The highest BCUT2D eigenvalue weighted by Crippen LogP contribution is 2.09. The van der Waals surface area contributed by atoms with Crippen molar-refractivity contribution in [2.45, 2.75) is 12.8 Å². The van der Waals surface area contributed by atoms with Gasteiger partial charge in [-0.25, -0.2) is 0 Å². The van der Waals surface area contributed by atoms with Gasteiger partial charge in [-0.05, 0) is 18.4 Å². The molecule has 0 N–H and O–H groups in total. The van der Waals surface area contributed by atoms with Gasteiger partial charge < -0.3 is 0 Å². The lowest BCUT2D eigenvalue weighted by Crippen LogP contribution is -1.85. The van der Waals surface area contributed by atoms with Crippen LogP contribution in [0.4, 0.5) is 0 Å². The van der Waals surface area contributed by atoms with E-state index < -0.39 is 4.92 Å². The van der Waals surface area contributed by atoms with Crippen molar-refractivity contribution >= 4 is 0 Å². The molecule has 1 aliphatic rings. The maximum Gasteiger partial charge on any atom is 0.235 e. The molecule has 0 spiro atoms. The van der Waals surface area contributed by atoms with E-state index in [1.807, 2.05) is 18.2 Å². The van der Waals surface area contributed by atoms with E-state index >= 15 is 0 Å². The maximum absolute atomic E-state index is 9.91. The Bertz CT molecular complexity index is 238. The van der Waals surface area contributed by atoms with Gasteiger partial charge in [-0.15, -0.1) is 0 Å². The molecule has 0 aromatic rings. The third-order valence-electron chi connectivity index (χ3n) is 1.41. The van der Waals surface area contributed by atoms with Crippen LogP contribution in [0.1, 0.15) is 12.8 Å². The summed E-state index contributed by atoms with van der Waals surface area (Å²) in [6, 6.07) is 0. The van der Waals surface area contributed by atoms with E-state index in [-0.39, 0.29) is 0 Å². The second-order valence-electron chi connectivity index (χ2n) is 2.28. The average molecular weight is 151 g/mol. The van der Waals surface area contributed by atoms with Gasteiger partial charge in [0, 0.05) is 6.08 Å². The molecule has 3 nitrogen and oxygen atoms in total. The zero-order valence-corrected chi connectivity index (χ0v) is 6.06. The Morgan fingerprint density at radius 2 is 2.36 bits per heavy atom. The van der Waals surface area contributed by atoms with Gasteiger partial charge in [-0.2, -0.15) is 0 Å². The molecule has 0 amide bonds. The van der Waals surface area contributed by atoms with Crippen molar-refractivity contribution in [2.24, 2.45) is 0 Å². The molecule has 0 aromatic heterocycles. The number of allylic oxidation sites excluding steroid dienone is 5. The molecular weight excluding hydrogens is 142 g/mol. The molecule has 58 valence electrons. The predicted molar refractivity (Wildman–Crippen MR) is 42.6 cm³/mol. The summed E-state index contributed by atoms with van der Waals surface area (Å²) in [5.74, 6) is 0. The molecule has 0 saturated heterocycles. The fourth-order valence-corrected chi connectivity index (χ4v) is 0.904. The van der Waals surface area contributed by atoms with Crippen molar-refractivity contribution < 1.29 is 4.92 Å².